The van der Waals surface area contributed by atoms with Crippen LogP contribution in [-0.4, -0.2) is 52.4 Å². The van der Waals surface area contributed by atoms with Crippen LogP contribution >= 0.6 is 23.2 Å². The van der Waals surface area contributed by atoms with Gasteiger partial charge in [0, 0.05) is 66.7 Å². The number of piperazine rings is 1. The molecule has 1 aromatic heterocycles. The van der Waals surface area contributed by atoms with Gasteiger partial charge in [-0.25, -0.2) is 0 Å². The van der Waals surface area contributed by atoms with E-state index in [1.807, 2.05) is 0 Å². The van der Waals surface area contributed by atoms with Crippen LogP contribution in [0.5, 0.6) is 0 Å². The Morgan fingerprint density at radius 1 is 0.846 bits per heavy atom. The van der Waals surface area contributed by atoms with Crippen LogP contribution in [-0.2, 0) is 7.05 Å². The fourth-order valence-electron chi connectivity index (χ4n) is 2.84. The van der Waals surface area contributed by atoms with Crippen molar-refractivity contribution in [2.45, 2.75) is 0 Å². The summed E-state index contributed by atoms with van der Waals surface area (Å²) in [5.74, 6) is -0.379. The summed E-state index contributed by atoms with van der Waals surface area (Å²) >= 11 is 11.9. The number of carbonyl (C=O) groups excluding carboxylic acids is 2. The maximum Gasteiger partial charge on any atom is 0.254 e. The van der Waals surface area contributed by atoms with Gasteiger partial charge in [0.2, 0.25) is 0 Å². The van der Waals surface area contributed by atoms with Gasteiger partial charge in [-0.05, 0) is 24.3 Å². The van der Waals surface area contributed by atoms with Gasteiger partial charge in [-0.3, -0.25) is 14.4 Å². The van der Waals surface area contributed by atoms with E-state index in [-0.39, 0.29) is 17.4 Å². The molecule has 1 aliphatic rings. The van der Waals surface area contributed by atoms with Crippen LogP contribution in [0.15, 0.2) is 41.3 Å². The average Bonchev–Trinajstić information content (AvgIpc) is 2.62. The van der Waals surface area contributed by atoms with Gasteiger partial charge in [0.1, 0.15) is 0 Å². The molecule has 6 nitrogen and oxygen atoms in total. The molecule has 2 aromatic rings. The Morgan fingerprint density at radius 2 is 1.35 bits per heavy atom. The van der Waals surface area contributed by atoms with E-state index in [0.717, 1.165) is 0 Å². The van der Waals surface area contributed by atoms with Crippen molar-refractivity contribution in [1.82, 2.24) is 14.4 Å². The van der Waals surface area contributed by atoms with Crippen LogP contribution in [0.1, 0.15) is 20.7 Å². The fraction of sp³-hybridized carbons (Fsp3) is 0.278. The molecule has 3 rings (SSSR count). The highest BCUT2D eigenvalue weighted by molar-refractivity contribution is 6.35. The minimum Gasteiger partial charge on any atom is -0.335 e. The van der Waals surface area contributed by atoms with Crippen molar-refractivity contribution in [2.24, 2.45) is 7.05 Å². The molecule has 0 radical (unpaired) electrons. The predicted octanol–water partition coefficient (Wildman–Crippen LogP) is 2.29. The lowest BCUT2D eigenvalue weighted by Gasteiger charge is -2.35. The molecule has 26 heavy (non-hydrogen) atoms. The van der Waals surface area contributed by atoms with Crippen molar-refractivity contribution in [3.8, 4) is 0 Å². The zero-order valence-corrected chi connectivity index (χ0v) is 15.6. The highest BCUT2D eigenvalue weighted by Gasteiger charge is 2.26. The third-order valence-corrected chi connectivity index (χ3v) is 4.75. The fourth-order valence-corrected chi connectivity index (χ4v) is 3.36. The molecular formula is C18H17Cl2N3O3. The highest BCUT2D eigenvalue weighted by Crippen LogP contribution is 2.21. The number of halogens is 2. The van der Waals surface area contributed by atoms with Crippen molar-refractivity contribution in [2.75, 3.05) is 26.2 Å². The van der Waals surface area contributed by atoms with Crippen molar-refractivity contribution in [3.05, 3.63) is 68.1 Å². The predicted molar refractivity (Wildman–Crippen MR) is 100.0 cm³/mol. The molecule has 2 amide bonds. The quantitative estimate of drug-likeness (QED) is 0.785. The zero-order valence-electron chi connectivity index (χ0n) is 14.1. The van der Waals surface area contributed by atoms with Crippen LogP contribution in [0.4, 0.5) is 0 Å². The normalized spacial score (nSPS) is 14.4. The molecule has 136 valence electrons. The second kappa shape index (κ2) is 7.51. The first kappa shape index (κ1) is 18.5. The summed E-state index contributed by atoms with van der Waals surface area (Å²) in [7, 11) is 1.63. The first-order valence-corrected chi connectivity index (χ1v) is 8.82. The van der Waals surface area contributed by atoms with Gasteiger partial charge in [-0.1, -0.05) is 23.2 Å². The van der Waals surface area contributed by atoms with E-state index < -0.39 is 0 Å². The number of aryl methyl sites for hydroxylation is 1. The molecule has 0 saturated carbocycles. The topological polar surface area (TPSA) is 62.6 Å². The molecule has 2 heterocycles. The Hall–Kier alpha value is -2.31. The Balaban J connectivity index is 1.66. The van der Waals surface area contributed by atoms with E-state index >= 15 is 0 Å². The molecule has 0 unspecified atom stereocenters. The number of rotatable bonds is 2. The highest BCUT2D eigenvalue weighted by atomic mass is 35.5. The minimum atomic E-state index is -0.234. The van der Waals surface area contributed by atoms with E-state index in [1.54, 1.807) is 47.3 Å². The molecule has 0 aliphatic carbocycles. The molecular weight excluding hydrogens is 377 g/mol. The number of amides is 2. The van der Waals surface area contributed by atoms with E-state index in [0.29, 0.717) is 47.4 Å². The maximum absolute atomic E-state index is 12.6. The second-order valence-corrected chi connectivity index (χ2v) is 6.98. The Morgan fingerprint density at radius 3 is 1.85 bits per heavy atom. The summed E-state index contributed by atoms with van der Waals surface area (Å²) in [4.78, 5) is 40.1. The smallest absolute Gasteiger partial charge is 0.254 e. The average molecular weight is 394 g/mol. The Labute approximate surface area is 160 Å². The van der Waals surface area contributed by atoms with Gasteiger partial charge in [0.05, 0.1) is 0 Å². The Bertz CT molecular complexity index is 898. The first-order chi connectivity index (χ1) is 12.3. The molecule has 8 heteroatoms. The minimum absolute atomic E-state index is 0.171. The number of nitrogens with zero attached hydrogens (tertiary/aromatic N) is 3. The van der Waals surface area contributed by atoms with Gasteiger partial charge in [-0.2, -0.15) is 0 Å². The Kier molecular flexibility index (Phi) is 5.34. The molecule has 0 atom stereocenters. The van der Waals surface area contributed by atoms with Crippen LogP contribution in [0.25, 0.3) is 0 Å². The van der Waals surface area contributed by atoms with Crippen LogP contribution in [0, 0.1) is 0 Å². The van der Waals surface area contributed by atoms with Crippen LogP contribution < -0.4 is 5.56 Å². The number of hydrogen-bond donors (Lipinski definition) is 0. The van der Waals surface area contributed by atoms with Crippen molar-refractivity contribution >= 4 is 35.0 Å². The molecule has 1 aromatic carbocycles. The summed E-state index contributed by atoms with van der Waals surface area (Å²) in [5.41, 5.74) is 0.547. The lowest BCUT2D eigenvalue weighted by Crippen LogP contribution is -2.50. The zero-order chi connectivity index (χ0) is 18.8. The van der Waals surface area contributed by atoms with Crippen LogP contribution in [0.3, 0.4) is 0 Å². The summed E-state index contributed by atoms with van der Waals surface area (Å²) in [5, 5.41) is 0.806. The largest absolute Gasteiger partial charge is 0.335 e. The van der Waals surface area contributed by atoms with Gasteiger partial charge in [0.25, 0.3) is 17.4 Å². The summed E-state index contributed by atoms with van der Waals surface area (Å²) < 4.78 is 1.41. The second-order valence-electron chi connectivity index (χ2n) is 6.11. The lowest BCUT2D eigenvalue weighted by atomic mass is 10.1. The van der Waals surface area contributed by atoms with Crippen molar-refractivity contribution in [3.63, 3.8) is 0 Å². The van der Waals surface area contributed by atoms with E-state index in [1.165, 1.54) is 10.6 Å². The number of hydrogen-bond acceptors (Lipinski definition) is 3. The van der Waals surface area contributed by atoms with Gasteiger partial charge < -0.3 is 14.4 Å². The van der Waals surface area contributed by atoms with E-state index in [9.17, 15) is 14.4 Å². The first-order valence-electron chi connectivity index (χ1n) is 8.06. The molecule has 1 fully saturated rings. The molecule has 0 bridgehead atoms. The SMILES string of the molecule is Cn1ccc(C(=O)N2CCN(C(=O)c3cc(Cl)cc(Cl)c3)CC2)cc1=O. The van der Waals surface area contributed by atoms with Gasteiger partial charge >= 0.3 is 0 Å². The number of carbonyl (C=O) groups is 2. The third-order valence-electron chi connectivity index (χ3n) is 4.31. The molecule has 1 saturated heterocycles. The van der Waals surface area contributed by atoms with Gasteiger partial charge in [-0.15, -0.1) is 0 Å². The number of aromatic nitrogens is 1. The summed E-state index contributed by atoms with van der Waals surface area (Å²) in [6, 6.07) is 7.67. The van der Waals surface area contributed by atoms with Gasteiger partial charge in [0.15, 0.2) is 0 Å². The molecule has 0 spiro atoms. The summed E-state index contributed by atoms with van der Waals surface area (Å²) in [6.45, 7) is 1.60. The van der Waals surface area contributed by atoms with Crippen molar-refractivity contribution in [1.29, 1.82) is 0 Å². The summed E-state index contributed by atoms with van der Waals surface area (Å²) in [6.07, 6.45) is 1.57. The molecule has 1 aliphatic heterocycles. The van der Waals surface area contributed by atoms with E-state index in [4.69, 9.17) is 23.2 Å². The molecule has 0 N–H and O–H groups in total. The van der Waals surface area contributed by atoms with E-state index in [2.05, 4.69) is 0 Å². The number of pyridine rings is 1. The lowest BCUT2D eigenvalue weighted by molar-refractivity contribution is 0.0535. The monoisotopic (exact) mass is 393 g/mol. The third kappa shape index (κ3) is 3.92. The standard InChI is InChI=1S/C18H17Cl2N3O3/c1-21-3-2-12(10-16(21)24)17(25)22-4-6-23(7-5-22)18(26)13-8-14(19)11-15(20)9-13/h2-3,8-11H,4-7H2,1H3. The van der Waals surface area contributed by atoms with Crippen molar-refractivity contribution < 1.29 is 9.59 Å². The number of benzene rings is 1. The van der Waals surface area contributed by atoms with Crippen LogP contribution in [0.2, 0.25) is 10.0 Å². The maximum atomic E-state index is 12.6.